The third-order valence-electron chi connectivity index (χ3n) is 3.93. The van der Waals surface area contributed by atoms with Crippen LogP contribution in [0.15, 0.2) is 24.0 Å². The zero-order valence-corrected chi connectivity index (χ0v) is 8.27. The molecule has 14 heavy (non-hydrogen) atoms. The van der Waals surface area contributed by atoms with E-state index in [0.717, 1.165) is 5.76 Å². The lowest BCUT2D eigenvalue weighted by molar-refractivity contribution is -0.121. The third kappa shape index (κ3) is 0.887. The summed E-state index contributed by atoms with van der Waals surface area (Å²) in [4.78, 5) is 11.8. The van der Waals surface area contributed by atoms with Crippen LogP contribution in [0.5, 0.6) is 0 Å². The van der Waals surface area contributed by atoms with E-state index in [2.05, 4.69) is 12.2 Å². The summed E-state index contributed by atoms with van der Waals surface area (Å²) in [5.74, 6) is 2.78. The number of ether oxygens (including phenoxy) is 1. The molecule has 0 N–H and O–H groups in total. The number of carbonyl (C=O) groups is 1. The Hall–Kier alpha value is -1.05. The second-order valence-electron chi connectivity index (χ2n) is 4.49. The predicted molar refractivity (Wildman–Crippen MR) is 52.4 cm³/mol. The number of hydrogen-bond donors (Lipinski definition) is 0. The molecule has 0 aromatic carbocycles. The van der Waals surface area contributed by atoms with Gasteiger partial charge in [0.05, 0.1) is 7.11 Å². The summed E-state index contributed by atoms with van der Waals surface area (Å²) in [7, 11) is 1.67. The Labute approximate surface area is 83.6 Å². The van der Waals surface area contributed by atoms with Crippen LogP contribution < -0.4 is 0 Å². The normalized spacial score (nSPS) is 43.8. The lowest BCUT2D eigenvalue weighted by atomic mass is 9.63. The van der Waals surface area contributed by atoms with Gasteiger partial charge in [-0.1, -0.05) is 12.2 Å². The number of ketones is 1. The van der Waals surface area contributed by atoms with Crippen LogP contribution in [-0.4, -0.2) is 12.9 Å². The summed E-state index contributed by atoms with van der Waals surface area (Å²) in [5.41, 5.74) is 0. The molecule has 2 bridgehead atoms. The first-order chi connectivity index (χ1) is 6.81. The summed E-state index contributed by atoms with van der Waals surface area (Å²) >= 11 is 0. The van der Waals surface area contributed by atoms with E-state index < -0.39 is 0 Å². The maximum atomic E-state index is 11.8. The quantitative estimate of drug-likeness (QED) is 0.590. The second kappa shape index (κ2) is 2.72. The fourth-order valence-electron chi connectivity index (χ4n) is 3.30. The Bertz CT molecular complexity index is 340. The minimum Gasteiger partial charge on any atom is -0.501 e. The molecule has 4 atom stereocenters. The van der Waals surface area contributed by atoms with Gasteiger partial charge < -0.3 is 4.74 Å². The highest BCUT2D eigenvalue weighted by atomic mass is 16.5. The third-order valence-corrected chi connectivity index (χ3v) is 3.93. The second-order valence-corrected chi connectivity index (χ2v) is 4.49. The van der Waals surface area contributed by atoms with Crippen molar-refractivity contribution >= 4 is 5.78 Å². The Morgan fingerprint density at radius 3 is 2.43 bits per heavy atom. The first-order valence-corrected chi connectivity index (χ1v) is 5.29. The first-order valence-electron chi connectivity index (χ1n) is 5.29. The molecule has 2 heteroatoms. The average Bonchev–Trinajstić information content (AvgIpc) is 2.60. The van der Waals surface area contributed by atoms with Crippen LogP contribution in [0.25, 0.3) is 0 Å². The van der Waals surface area contributed by atoms with Gasteiger partial charge in [-0.15, -0.1) is 0 Å². The molecule has 1 fully saturated rings. The van der Waals surface area contributed by atoms with Gasteiger partial charge in [0, 0.05) is 17.9 Å². The van der Waals surface area contributed by atoms with E-state index in [9.17, 15) is 4.79 Å². The van der Waals surface area contributed by atoms with E-state index in [1.165, 1.54) is 12.8 Å². The summed E-state index contributed by atoms with van der Waals surface area (Å²) in [6.07, 6.45) is 8.63. The molecule has 4 aliphatic carbocycles. The van der Waals surface area contributed by atoms with Crippen LogP contribution in [0.1, 0.15) is 12.8 Å². The van der Waals surface area contributed by atoms with Crippen LogP contribution in [0.2, 0.25) is 0 Å². The molecule has 0 spiro atoms. The van der Waals surface area contributed by atoms with Gasteiger partial charge in [0.1, 0.15) is 5.76 Å². The zero-order valence-electron chi connectivity index (χ0n) is 8.27. The standard InChI is InChI=1S/C12H14O2/c1-14-10-6-9(13)11-7-2-4-8(5-3-7)12(10)11/h2,4,6-8,11-12H,3,5H2,1H3. The van der Waals surface area contributed by atoms with Crippen molar-refractivity contribution in [2.45, 2.75) is 12.8 Å². The molecule has 2 nitrogen and oxygen atoms in total. The molecular formula is C12H14O2. The lowest BCUT2D eigenvalue weighted by Crippen LogP contribution is -2.38. The van der Waals surface area contributed by atoms with E-state index in [4.69, 9.17) is 4.74 Å². The SMILES string of the molecule is COC1=CC(=O)C2C3C=CC(CC3)C12. The van der Waals surface area contributed by atoms with Gasteiger partial charge >= 0.3 is 0 Å². The van der Waals surface area contributed by atoms with Crippen molar-refractivity contribution in [1.82, 2.24) is 0 Å². The van der Waals surface area contributed by atoms with E-state index in [0.29, 0.717) is 17.8 Å². The van der Waals surface area contributed by atoms with Gasteiger partial charge in [0.2, 0.25) is 0 Å². The minimum atomic E-state index is 0.202. The Balaban J connectivity index is 2.02. The molecule has 4 rings (SSSR count). The number of rotatable bonds is 1. The molecule has 0 aromatic rings. The topological polar surface area (TPSA) is 26.3 Å². The van der Waals surface area contributed by atoms with Crippen LogP contribution in [0.3, 0.4) is 0 Å². The largest absolute Gasteiger partial charge is 0.501 e. The molecule has 1 saturated carbocycles. The first kappa shape index (κ1) is 8.27. The van der Waals surface area contributed by atoms with E-state index >= 15 is 0 Å². The van der Waals surface area contributed by atoms with Crippen molar-refractivity contribution in [3.63, 3.8) is 0 Å². The Morgan fingerprint density at radius 2 is 1.86 bits per heavy atom. The van der Waals surface area contributed by atoms with Crippen molar-refractivity contribution < 1.29 is 9.53 Å². The van der Waals surface area contributed by atoms with Gasteiger partial charge in [0.15, 0.2) is 5.78 Å². The van der Waals surface area contributed by atoms with Gasteiger partial charge in [-0.25, -0.2) is 0 Å². The van der Waals surface area contributed by atoms with Gasteiger partial charge in [-0.2, -0.15) is 0 Å². The van der Waals surface area contributed by atoms with Crippen LogP contribution >= 0.6 is 0 Å². The van der Waals surface area contributed by atoms with E-state index in [1.807, 2.05) is 0 Å². The van der Waals surface area contributed by atoms with Crippen LogP contribution in [0.4, 0.5) is 0 Å². The van der Waals surface area contributed by atoms with Crippen LogP contribution in [0, 0.1) is 23.7 Å². The molecule has 0 radical (unpaired) electrons. The van der Waals surface area contributed by atoms with Crippen molar-refractivity contribution in [3.8, 4) is 0 Å². The summed E-state index contributed by atoms with van der Waals surface area (Å²) < 4.78 is 5.31. The fraction of sp³-hybridized carbons (Fsp3) is 0.583. The molecule has 0 saturated heterocycles. The van der Waals surface area contributed by atoms with Crippen LogP contribution in [-0.2, 0) is 9.53 Å². The highest BCUT2D eigenvalue weighted by Gasteiger charge is 2.49. The highest BCUT2D eigenvalue weighted by molar-refractivity contribution is 5.96. The van der Waals surface area contributed by atoms with Gasteiger partial charge in [-0.3, -0.25) is 4.79 Å². The molecular weight excluding hydrogens is 176 g/mol. The van der Waals surface area contributed by atoms with Crippen molar-refractivity contribution in [3.05, 3.63) is 24.0 Å². The molecule has 4 aliphatic rings. The molecule has 0 aromatic heterocycles. The van der Waals surface area contributed by atoms with E-state index in [-0.39, 0.29) is 11.7 Å². The van der Waals surface area contributed by atoms with Gasteiger partial charge in [0.25, 0.3) is 0 Å². The number of fused-ring (bicyclic) bond motifs is 1. The molecule has 0 heterocycles. The number of hydrogen-bond acceptors (Lipinski definition) is 2. The monoisotopic (exact) mass is 190 g/mol. The van der Waals surface area contributed by atoms with Gasteiger partial charge in [-0.05, 0) is 24.7 Å². The zero-order chi connectivity index (χ0) is 9.71. The minimum absolute atomic E-state index is 0.202. The molecule has 0 amide bonds. The van der Waals surface area contributed by atoms with Crippen molar-refractivity contribution in [2.75, 3.05) is 7.11 Å². The maximum absolute atomic E-state index is 11.8. The van der Waals surface area contributed by atoms with E-state index in [1.54, 1.807) is 13.2 Å². The average molecular weight is 190 g/mol. The molecule has 0 aliphatic heterocycles. The Kier molecular flexibility index (Phi) is 1.61. The Morgan fingerprint density at radius 1 is 1.21 bits per heavy atom. The van der Waals surface area contributed by atoms with Crippen molar-refractivity contribution in [2.24, 2.45) is 23.7 Å². The summed E-state index contributed by atoms with van der Waals surface area (Å²) in [6.45, 7) is 0. The number of methoxy groups -OCH3 is 1. The summed E-state index contributed by atoms with van der Waals surface area (Å²) in [5, 5.41) is 0. The number of allylic oxidation sites excluding steroid dienone is 4. The highest BCUT2D eigenvalue weighted by Crippen LogP contribution is 2.51. The fourth-order valence-corrected chi connectivity index (χ4v) is 3.30. The smallest absolute Gasteiger partial charge is 0.163 e. The maximum Gasteiger partial charge on any atom is 0.163 e. The summed E-state index contributed by atoms with van der Waals surface area (Å²) in [6, 6.07) is 0. The number of carbonyl (C=O) groups excluding carboxylic acids is 1. The lowest BCUT2D eigenvalue weighted by Gasteiger charge is -2.41. The molecule has 4 unspecified atom stereocenters. The van der Waals surface area contributed by atoms with Crippen molar-refractivity contribution in [1.29, 1.82) is 0 Å². The molecule has 74 valence electrons. The predicted octanol–water partition coefficient (Wildman–Crippen LogP) is 1.93.